The fourth-order valence-electron chi connectivity index (χ4n) is 9.70. The van der Waals surface area contributed by atoms with Gasteiger partial charge in [0.05, 0.1) is 22.4 Å². The first-order chi connectivity index (χ1) is 24.8. The van der Waals surface area contributed by atoms with E-state index in [1.54, 1.807) is 0 Å². The van der Waals surface area contributed by atoms with Crippen LogP contribution < -0.4 is 0 Å². The molecule has 8 aromatic rings. The SMILES string of the molecule is CC1(C)c2ccccc2-c2c1c(C1=CC=CCC1)nc1c2ccc2c3c(c(-c4ccc5oc6ccccc6c5c4)nc21)C(C)(C)c1ccccc1-3. The van der Waals surface area contributed by atoms with Gasteiger partial charge < -0.3 is 4.42 Å². The number of rotatable bonds is 2. The summed E-state index contributed by atoms with van der Waals surface area (Å²) in [5.74, 6) is 0. The van der Waals surface area contributed by atoms with Crippen LogP contribution in [-0.2, 0) is 10.8 Å². The quantitative estimate of drug-likeness (QED) is 0.174. The molecule has 0 bridgehead atoms. The van der Waals surface area contributed by atoms with Gasteiger partial charge in [0.15, 0.2) is 0 Å². The Balaban J connectivity index is 1.31. The van der Waals surface area contributed by atoms with Crippen molar-refractivity contribution in [3.05, 3.63) is 149 Å². The topological polar surface area (TPSA) is 38.9 Å². The lowest BCUT2D eigenvalue weighted by atomic mass is 9.79. The molecule has 51 heavy (non-hydrogen) atoms. The summed E-state index contributed by atoms with van der Waals surface area (Å²) in [6.45, 7) is 9.44. The molecule has 244 valence electrons. The maximum Gasteiger partial charge on any atom is 0.135 e. The third-order valence-electron chi connectivity index (χ3n) is 12.1. The summed E-state index contributed by atoms with van der Waals surface area (Å²) in [4.78, 5) is 11.5. The molecule has 0 atom stereocenters. The van der Waals surface area contributed by atoms with Gasteiger partial charge >= 0.3 is 0 Å². The van der Waals surface area contributed by atoms with Gasteiger partial charge in [-0.15, -0.1) is 0 Å². The Morgan fingerprint density at radius 2 is 1.16 bits per heavy atom. The van der Waals surface area contributed by atoms with Crippen LogP contribution in [0.1, 0.15) is 68.5 Å². The second-order valence-corrected chi connectivity index (χ2v) is 15.6. The third-order valence-corrected chi connectivity index (χ3v) is 12.1. The monoisotopic (exact) mass is 656 g/mol. The first kappa shape index (κ1) is 29.0. The van der Waals surface area contributed by atoms with Crippen LogP contribution in [0.25, 0.3) is 82.8 Å². The lowest BCUT2D eigenvalue weighted by Crippen LogP contribution is -2.18. The van der Waals surface area contributed by atoms with Gasteiger partial charge in [-0.25, -0.2) is 9.97 Å². The standard InChI is InChI=1S/C48H36N2O/c1-47(2)35-19-11-8-17-30(35)39-32-23-24-33-40-31-18-9-12-20-36(31)48(3,4)42(40)44(28-22-25-38-34(26-28)29-16-10-13-21-37(29)51-38)50-46(33)45(32)49-43(41(39)47)27-14-6-5-7-15-27/h5-6,8-14,16-26H,7,15H2,1-4H3. The van der Waals surface area contributed by atoms with E-state index in [9.17, 15) is 0 Å². The molecule has 3 aliphatic rings. The Kier molecular flexibility index (Phi) is 5.64. The van der Waals surface area contributed by atoms with Crippen LogP contribution in [0.5, 0.6) is 0 Å². The molecule has 0 saturated heterocycles. The van der Waals surface area contributed by atoms with Crippen LogP contribution in [0.4, 0.5) is 0 Å². The van der Waals surface area contributed by atoms with E-state index >= 15 is 0 Å². The van der Waals surface area contributed by atoms with E-state index < -0.39 is 0 Å². The molecular weight excluding hydrogens is 621 g/mol. The lowest BCUT2D eigenvalue weighted by molar-refractivity contribution is 0.655. The maximum atomic E-state index is 6.27. The van der Waals surface area contributed by atoms with Crippen molar-refractivity contribution in [3.63, 3.8) is 0 Å². The van der Waals surface area contributed by atoms with Crippen molar-refractivity contribution in [3.8, 4) is 33.5 Å². The minimum atomic E-state index is -0.246. The van der Waals surface area contributed by atoms with Gasteiger partial charge in [0.1, 0.15) is 11.2 Å². The number of aromatic nitrogens is 2. The normalized spacial score (nSPS) is 16.4. The highest BCUT2D eigenvalue weighted by Gasteiger charge is 2.42. The van der Waals surface area contributed by atoms with Crippen molar-refractivity contribution in [2.75, 3.05) is 0 Å². The fraction of sp³-hybridized carbons (Fsp3) is 0.167. The summed E-state index contributed by atoms with van der Waals surface area (Å²) in [6, 6.07) is 37.5. The van der Waals surface area contributed by atoms with E-state index in [4.69, 9.17) is 14.4 Å². The van der Waals surface area contributed by atoms with E-state index in [0.29, 0.717) is 0 Å². The minimum absolute atomic E-state index is 0.179. The van der Waals surface area contributed by atoms with Gasteiger partial charge in [-0.2, -0.15) is 0 Å². The minimum Gasteiger partial charge on any atom is -0.456 e. The summed E-state index contributed by atoms with van der Waals surface area (Å²) in [7, 11) is 0. The molecule has 0 unspecified atom stereocenters. The molecule has 0 spiro atoms. The molecule has 3 nitrogen and oxygen atoms in total. The second-order valence-electron chi connectivity index (χ2n) is 15.6. The Bertz CT molecular complexity index is 2920. The summed E-state index contributed by atoms with van der Waals surface area (Å²) in [6.07, 6.45) is 8.74. The molecule has 3 aliphatic carbocycles. The molecule has 0 radical (unpaired) electrons. The van der Waals surface area contributed by atoms with Crippen molar-refractivity contribution in [2.24, 2.45) is 0 Å². The van der Waals surface area contributed by atoms with E-state index in [0.717, 1.165) is 68.2 Å². The number of allylic oxidation sites excluding steroid dienone is 4. The van der Waals surface area contributed by atoms with Crippen LogP contribution in [0.15, 0.2) is 126 Å². The van der Waals surface area contributed by atoms with Gasteiger partial charge in [0, 0.05) is 37.9 Å². The lowest BCUT2D eigenvalue weighted by Gasteiger charge is -2.26. The van der Waals surface area contributed by atoms with Gasteiger partial charge in [-0.3, -0.25) is 0 Å². The van der Waals surface area contributed by atoms with Crippen molar-refractivity contribution in [1.29, 1.82) is 0 Å². The molecule has 11 rings (SSSR count). The van der Waals surface area contributed by atoms with Crippen LogP contribution in [-0.4, -0.2) is 9.97 Å². The zero-order valence-electron chi connectivity index (χ0n) is 29.3. The molecule has 3 heteroatoms. The Hall–Kier alpha value is -5.80. The fourth-order valence-corrected chi connectivity index (χ4v) is 9.70. The Labute approximate surface area is 297 Å². The van der Waals surface area contributed by atoms with E-state index in [1.165, 1.54) is 55.5 Å². The van der Waals surface area contributed by atoms with Crippen LogP contribution in [0.3, 0.4) is 0 Å². The van der Waals surface area contributed by atoms with Crippen molar-refractivity contribution < 1.29 is 4.42 Å². The first-order valence-electron chi connectivity index (χ1n) is 18.2. The van der Waals surface area contributed by atoms with Gasteiger partial charge in [-0.1, -0.05) is 125 Å². The second kappa shape index (κ2) is 9.92. The predicted molar refractivity (Wildman–Crippen MR) is 211 cm³/mol. The number of para-hydroxylation sites is 1. The van der Waals surface area contributed by atoms with Gasteiger partial charge in [-0.05, 0) is 87.2 Å². The van der Waals surface area contributed by atoms with Crippen LogP contribution in [0.2, 0.25) is 0 Å². The highest BCUT2D eigenvalue weighted by Crippen LogP contribution is 2.57. The molecule has 0 aliphatic heterocycles. The molecule has 0 amide bonds. The van der Waals surface area contributed by atoms with Crippen molar-refractivity contribution in [2.45, 2.75) is 51.4 Å². The first-order valence-corrected chi connectivity index (χ1v) is 18.2. The highest BCUT2D eigenvalue weighted by molar-refractivity contribution is 6.17. The predicted octanol–water partition coefficient (Wildman–Crippen LogP) is 12.7. The van der Waals surface area contributed by atoms with Gasteiger partial charge in [0.2, 0.25) is 0 Å². The molecule has 3 heterocycles. The number of hydrogen-bond acceptors (Lipinski definition) is 3. The molecule has 0 saturated carbocycles. The Morgan fingerprint density at radius 3 is 1.82 bits per heavy atom. The summed E-state index contributed by atoms with van der Waals surface area (Å²) < 4.78 is 6.27. The zero-order chi connectivity index (χ0) is 34.2. The maximum absolute atomic E-state index is 6.27. The average molecular weight is 657 g/mol. The number of hydrogen-bond donors (Lipinski definition) is 0. The number of pyridine rings is 2. The van der Waals surface area contributed by atoms with E-state index in [1.807, 2.05) is 12.1 Å². The van der Waals surface area contributed by atoms with Crippen LogP contribution in [0, 0.1) is 0 Å². The number of furan rings is 1. The third kappa shape index (κ3) is 3.73. The smallest absolute Gasteiger partial charge is 0.135 e. The van der Waals surface area contributed by atoms with Crippen molar-refractivity contribution in [1.82, 2.24) is 9.97 Å². The number of fused-ring (bicyclic) bond motifs is 14. The number of benzene rings is 5. The molecule has 0 fully saturated rings. The number of nitrogens with zero attached hydrogens (tertiary/aromatic N) is 2. The molecule has 5 aromatic carbocycles. The summed E-state index contributed by atoms with van der Waals surface area (Å²) >= 11 is 0. The van der Waals surface area contributed by atoms with Gasteiger partial charge in [0.25, 0.3) is 0 Å². The summed E-state index contributed by atoms with van der Waals surface area (Å²) in [5.41, 5.74) is 18.3. The zero-order valence-corrected chi connectivity index (χ0v) is 29.3. The van der Waals surface area contributed by atoms with E-state index in [2.05, 4.69) is 137 Å². The summed E-state index contributed by atoms with van der Waals surface area (Å²) in [5, 5.41) is 4.57. The highest BCUT2D eigenvalue weighted by atomic mass is 16.3. The van der Waals surface area contributed by atoms with Crippen molar-refractivity contribution >= 4 is 49.3 Å². The molecule has 0 N–H and O–H groups in total. The van der Waals surface area contributed by atoms with E-state index in [-0.39, 0.29) is 10.8 Å². The molecular formula is C48H36N2O. The molecule has 3 aromatic heterocycles. The average Bonchev–Trinajstić information content (AvgIpc) is 3.74. The largest absolute Gasteiger partial charge is 0.456 e. The Morgan fingerprint density at radius 1 is 0.569 bits per heavy atom. The van der Waals surface area contributed by atoms with Crippen LogP contribution >= 0.6 is 0 Å².